The van der Waals surface area contributed by atoms with Crippen molar-refractivity contribution >= 4 is 57.3 Å². The van der Waals surface area contributed by atoms with E-state index in [1.807, 2.05) is 0 Å². The molecular formula is C23H18I2N2O2. The quantitative estimate of drug-likeness (QED) is 0.224. The Bertz CT molecular complexity index is 1040. The lowest BCUT2D eigenvalue weighted by molar-refractivity contribution is -0.121. The first-order valence-electron chi connectivity index (χ1n) is 9.21. The zero-order valence-corrected chi connectivity index (χ0v) is 19.7. The van der Waals surface area contributed by atoms with E-state index >= 15 is 0 Å². The van der Waals surface area contributed by atoms with E-state index in [1.54, 1.807) is 30.5 Å². The van der Waals surface area contributed by atoms with Gasteiger partial charge >= 0.3 is 0 Å². The zero-order chi connectivity index (χ0) is 20.4. The van der Waals surface area contributed by atoms with Gasteiger partial charge in [-0.2, -0.15) is 5.10 Å². The second kappa shape index (κ2) is 8.83. The number of amides is 1. The number of carbonyl (C=O) groups is 1. The van der Waals surface area contributed by atoms with Gasteiger partial charge in [-0.3, -0.25) is 4.79 Å². The van der Waals surface area contributed by atoms with Crippen LogP contribution in [0.1, 0.15) is 35.4 Å². The first-order valence-corrected chi connectivity index (χ1v) is 11.4. The number of aromatic hydroxyl groups is 1. The Morgan fingerprint density at radius 2 is 1.55 bits per heavy atom. The average Bonchev–Trinajstić information content (AvgIpc) is 3.00. The fourth-order valence-corrected chi connectivity index (χ4v) is 4.66. The van der Waals surface area contributed by atoms with Crippen LogP contribution in [0.5, 0.6) is 5.75 Å². The number of phenolic OH excluding ortho intramolecular Hbond substituents is 1. The summed E-state index contributed by atoms with van der Waals surface area (Å²) < 4.78 is 2.43. The van der Waals surface area contributed by atoms with Crippen molar-refractivity contribution in [1.29, 1.82) is 0 Å². The van der Waals surface area contributed by atoms with Crippen molar-refractivity contribution < 1.29 is 9.90 Å². The fraction of sp³-hybridized carbons (Fsp3) is 0.130. The Hall–Kier alpha value is -1.94. The number of nitrogens with one attached hydrogen (secondary N) is 1. The summed E-state index contributed by atoms with van der Waals surface area (Å²) in [4.78, 5) is 12.3. The summed E-state index contributed by atoms with van der Waals surface area (Å²) in [6.45, 7) is 0. The normalized spacial score (nSPS) is 12.8. The Balaban J connectivity index is 1.44. The standard InChI is InChI=1S/C23H18I2N2O2/c24-15-3-7-19-18(20-8-4-16(25)12-22(20)21(19)11-15)9-10-23(29)27-26-13-14-1-5-17(28)6-2-14/h1-8,11-13,18,28H,9-10H2,(H,27,29)/b26-13+. The van der Waals surface area contributed by atoms with Gasteiger partial charge in [0.1, 0.15) is 5.75 Å². The highest BCUT2D eigenvalue weighted by Crippen LogP contribution is 2.47. The van der Waals surface area contributed by atoms with Gasteiger partial charge in [0.15, 0.2) is 0 Å². The number of fused-ring (bicyclic) bond motifs is 3. The predicted octanol–water partition coefficient (Wildman–Crippen LogP) is 5.64. The largest absolute Gasteiger partial charge is 0.508 e. The number of hydrogen-bond donors (Lipinski definition) is 2. The lowest BCUT2D eigenvalue weighted by Crippen LogP contribution is -2.18. The molecule has 1 aliphatic carbocycles. The second-order valence-corrected chi connectivity index (χ2v) is 9.43. The molecule has 146 valence electrons. The summed E-state index contributed by atoms with van der Waals surface area (Å²) in [5.41, 5.74) is 8.56. The molecule has 4 nitrogen and oxygen atoms in total. The molecule has 0 heterocycles. The molecule has 3 aromatic rings. The van der Waals surface area contributed by atoms with E-state index in [-0.39, 0.29) is 17.6 Å². The van der Waals surface area contributed by atoms with E-state index in [9.17, 15) is 9.90 Å². The highest BCUT2D eigenvalue weighted by Gasteiger charge is 2.29. The minimum Gasteiger partial charge on any atom is -0.508 e. The number of phenols is 1. The highest BCUT2D eigenvalue weighted by molar-refractivity contribution is 14.1. The van der Waals surface area contributed by atoms with Gasteiger partial charge < -0.3 is 5.11 Å². The molecular weight excluding hydrogens is 590 g/mol. The smallest absolute Gasteiger partial charge is 0.240 e. The second-order valence-electron chi connectivity index (χ2n) is 6.94. The van der Waals surface area contributed by atoms with Crippen LogP contribution in [-0.2, 0) is 4.79 Å². The van der Waals surface area contributed by atoms with Crippen LogP contribution in [0.25, 0.3) is 11.1 Å². The van der Waals surface area contributed by atoms with Crippen molar-refractivity contribution in [3.63, 3.8) is 0 Å². The van der Waals surface area contributed by atoms with E-state index in [2.05, 4.69) is 92.1 Å². The molecule has 1 aliphatic rings. The molecule has 2 N–H and O–H groups in total. The molecule has 0 atom stereocenters. The minimum absolute atomic E-state index is 0.106. The molecule has 0 saturated carbocycles. The molecule has 3 aromatic carbocycles. The van der Waals surface area contributed by atoms with Crippen molar-refractivity contribution in [3.8, 4) is 16.9 Å². The van der Waals surface area contributed by atoms with Crippen LogP contribution in [-0.4, -0.2) is 17.2 Å². The maximum absolute atomic E-state index is 12.3. The summed E-state index contributed by atoms with van der Waals surface area (Å²) in [6.07, 6.45) is 2.71. The molecule has 0 radical (unpaired) electrons. The number of hydrogen-bond acceptors (Lipinski definition) is 3. The van der Waals surface area contributed by atoms with Crippen LogP contribution in [0.4, 0.5) is 0 Å². The van der Waals surface area contributed by atoms with Gasteiger partial charge in [-0.05, 0) is 128 Å². The van der Waals surface area contributed by atoms with Gasteiger partial charge in [-0.25, -0.2) is 5.43 Å². The van der Waals surface area contributed by atoms with E-state index in [0.29, 0.717) is 6.42 Å². The van der Waals surface area contributed by atoms with Gasteiger partial charge in [0, 0.05) is 19.5 Å². The molecule has 29 heavy (non-hydrogen) atoms. The maximum atomic E-state index is 12.3. The molecule has 0 unspecified atom stereocenters. The fourth-order valence-electron chi connectivity index (χ4n) is 3.68. The van der Waals surface area contributed by atoms with Gasteiger partial charge in [0.2, 0.25) is 5.91 Å². The van der Waals surface area contributed by atoms with Crippen LogP contribution in [0, 0.1) is 7.14 Å². The minimum atomic E-state index is -0.106. The van der Waals surface area contributed by atoms with Crippen molar-refractivity contribution in [1.82, 2.24) is 5.43 Å². The van der Waals surface area contributed by atoms with Crippen molar-refractivity contribution in [3.05, 3.63) is 84.5 Å². The first kappa shape index (κ1) is 20.3. The third-order valence-corrected chi connectivity index (χ3v) is 6.37. The SMILES string of the molecule is O=C(CCC1c2ccc(I)cc2-c2cc(I)ccc21)N/N=C/c1ccc(O)cc1. The summed E-state index contributed by atoms with van der Waals surface area (Å²) in [7, 11) is 0. The molecule has 0 saturated heterocycles. The molecule has 0 spiro atoms. The highest BCUT2D eigenvalue weighted by atomic mass is 127. The zero-order valence-electron chi connectivity index (χ0n) is 15.4. The number of rotatable bonds is 5. The number of nitrogens with zero attached hydrogens (tertiary/aromatic N) is 1. The number of carbonyl (C=O) groups excluding carboxylic acids is 1. The molecule has 4 rings (SSSR count). The molecule has 6 heteroatoms. The monoisotopic (exact) mass is 608 g/mol. The van der Waals surface area contributed by atoms with Crippen LogP contribution in [0.2, 0.25) is 0 Å². The van der Waals surface area contributed by atoms with Crippen molar-refractivity contribution in [2.24, 2.45) is 5.10 Å². The summed E-state index contributed by atoms with van der Waals surface area (Å²) in [5.74, 6) is 0.319. The van der Waals surface area contributed by atoms with Crippen LogP contribution < -0.4 is 5.43 Å². The number of benzene rings is 3. The van der Waals surface area contributed by atoms with Crippen LogP contribution in [0.15, 0.2) is 65.8 Å². The van der Waals surface area contributed by atoms with E-state index in [1.165, 1.54) is 29.4 Å². The van der Waals surface area contributed by atoms with E-state index < -0.39 is 0 Å². The third kappa shape index (κ3) is 4.63. The topological polar surface area (TPSA) is 61.7 Å². The molecule has 0 bridgehead atoms. The number of hydrazone groups is 1. The third-order valence-electron chi connectivity index (χ3n) is 5.03. The molecule has 0 fully saturated rings. The van der Waals surface area contributed by atoms with Gasteiger partial charge in [-0.1, -0.05) is 12.1 Å². The molecule has 0 aliphatic heterocycles. The lowest BCUT2D eigenvalue weighted by Gasteiger charge is -2.13. The summed E-state index contributed by atoms with van der Waals surface area (Å²) in [6, 6.07) is 19.7. The Morgan fingerprint density at radius 3 is 2.14 bits per heavy atom. The maximum Gasteiger partial charge on any atom is 0.240 e. The lowest BCUT2D eigenvalue weighted by atomic mass is 9.92. The van der Waals surface area contributed by atoms with Gasteiger partial charge in [0.25, 0.3) is 0 Å². The summed E-state index contributed by atoms with van der Waals surface area (Å²) in [5, 5.41) is 13.3. The first-order chi connectivity index (χ1) is 14.0. The molecule has 0 aromatic heterocycles. The Morgan fingerprint density at radius 1 is 0.966 bits per heavy atom. The van der Waals surface area contributed by atoms with E-state index in [0.717, 1.165) is 12.0 Å². The van der Waals surface area contributed by atoms with Crippen molar-refractivity contribution in [2.75, 3.05) is 0 Å². The predicted molar refractivity (Wildman–Crippen MR) is 132 cm³/mol. The van der Waals surface area contributed by atoms with Crippen LogP contribution >= 0.6 is 45.2 Å². The summed E-state index contributed by atoms with van der Waals surface area (Å²) >= 11 is 4.69. The van der Waals surface area contributed by atoms with Gasteiger partial charge in [-0.15, -0.1) is 0 Å². The van der Waals surface area contributed by atoms with Crippen LogP contribution in [0.3, 0.4) is 0 Å². The Labute approximate surface area is 196 Å². The number of halogens is 2. The van der Waals surface area contributed by atoms with Gasteiger partial charge in [0.05, 0.1) is 6.21 Å². The Kier molecular flexibility index (Phi) is 6.19. The van der Waals surface area contributed by atoms with Crippen molar-refractivity contribution in [2.45, 2.75) is 18.8 Å². The molecule has 1 amide bonds. The average molecular weight is 608 g/mol. The van der Waals surface area contributed by atoms with E-state index in [4.69, 9.17) is 0 Å².